The van der Waals surface area contributed by atoms with Gasteiger partial charge in [-0.05, 0) is 37.1 Å². The van der Waals surface area contributed by atoms with Gasteiger partial charge in [0.1, 0.15) is 0 Å². The average molecular weight is 240 g/mol. The summed E-state index contributed by atoms with van der Waals surface area (Å²) < 4.78 is 1.75. The summed E-state index contributed by atoms with van der Waals surface area (Å²) in [6.45, 7) is 8.38. The van der Waals surface area contributed by atoms with Gasteiger partial charge < -0.3 is 4.98 Å². The molecule has 3 rings (SSSR count). The zero-order valence-corrected chi connectivity index (χ0v) is 11.3. The normalized spacial score (nSPS) is 11.6. The standard InChI is InChI=1S/C15H17N3/c1-8-5-12-13(6-9(8)2)17-14-7-10(3)18(16)11(4)15(12)14/h5-7H,16H2,1-4H3/p+1. The fourth-order valence-corrected chi connectivity index (χ4v) is 2.64. The molecule has 0 aliphatic carbocycles. The van der Waals surface area contributed by atoms with E-state index in [1.807, 2.05) is 6.92 Å². The van der Waals surface area contributed by atoms with Crippen molar-refractivity contribution in [2.75, 3.05) is 5.84 Å². The van der Waals surface area contributed by atoms with E-state index in [9.17, 15) is 0 Å². The fourth-order valence-electron chi connectivity index (χ4n) is 2.64. The molecule has 3 N–H and O–H groups in total. The Morgan fingerprint density at radius 1 is 0.944 bits per heavy atom. The first-order valence-corrected chi connectivity index (χ1v) is 6.19. The Morgan fingerprint density at radius 2 is 1.61 bits per heavy atom. The summed E-state index contributed by atoms with van der Waals surface area (Å²) in [5, 5.41) is 2.48. The van der Waals surface area contributed by atoms with E-state index < -0.39 is 0 Å². The van der Waals surface area contributed by atoms with Gasteiger partial charge in [0.2, 0.25) is 11.4 Å². The average Bonchev–Trinajstić information content (AvgIpc) is 2.64. The molecule has 2 aromatic heterocycles. The molecule has 0 aliphatic heterocycles. The van der Waals surface area contributed by atoms with Gasteiger partial charge in [-0.25, -0.2) is 5.84 Å². The zero-order valence-electron chi connectivity index (χ0n) is 11.3. The zero-order chi connectivity index (χ0) is 13.0. The van der Waals surface area contributed by atoms with E-state index in [1.165, 1.54) is 27.4 Å². The number of nitrogens with two attached hydrogens (primary N) is 1. The number of H-pyrrole nitrogens is 1. The topological polar surface area (TPSA) is 45.7 Å². The van der Waals surface area contributed by atoms with Gasteiger partial charge in [-0.1, -0.05) is 4.68 Å². The van der Waals surface area contributed by atoms with Gasteiger partial charge in [0.25, 0.3) is 0 Å². The molecule has 0 saturated carbocycles. The number of nitrogens with one attached hydrogen (secondary N) is 1. The van der Waals surface area contributed by atoms with Crippen LogP contribution in [0.15, 0.2) is 18.2 Å². The number of aryl methyl sites for hydroxylation is 4. The molecule has 2 heterocycles. The van der Waals surface area contributed by atoms with Crippen LogP contribution in [0.4, 0.5) is 0 Å². The number of benzene rings is 1. The molecule has 0 radical (unpaired) electrons. The molecule has 0 fully saturated rings. The molecule has 18 heavy (non-hydrogen) atoms. The van der Waals surface area contributed by atoms with Crippen LogP contribution < -0.4 is 10.5 Å². The van der Waals surface area contributed by atoms with Crippen LogP contribution in [0.3, 0.4) is 0 Å². The van der Waals surface area contributed by atoms with E-state index in [1.54, 1.807) is 4.68 Å². The lowest BCUT2D eigenvalue weighted by Gasteiger charge is -2.01. The van der Waals surface area contributed by atoms with Crippen molar-refractivity contribution in [2.45, 2.75) is 27.7 Å². The molecule has 3 aromatic rings. The molecule has 0 amide bonds. The van der Waals surface area contributed by atoms with Crippen molar-refractivity contribution in [1.82, 2.24) is 4.98 Å². The third kappa shape index (κ3) is 1.33. The molecule has 1 aromatic carbocycles. The van der Waals surface area contributed by atoms with E-state index >= 15 is 0 Å². The third-order valence-electron chi connectivity index (χ3n) is 3.90. The first-order valence-electron chi connectivity index (χ1n) is 6.19. The Kier molecular flexibility index (Phi) is 2.14. The van der Waals surface area contributed by atoms with E-state index in [4.69, 9.17) is 5.84 Å². The number of rotatable bonds is 0. The Hall–Kier alpha value is -2.03. The van der Waals surface area contributed by atoms with Gasteiger partial charge in [0.15, 0.2) is 0 Å². The Bertz CT molecular complexity index is 782. The van der Waals surface area contributed by atoms with Crippen molar-refractivity contribution in [3.05, 3.63) is 40.7 Å². The highest BCUT2D eigenvalue weighted by molar-refractivity contribution is 6.08. The predicted molar refractivity (Wildman–Crippen MR) is 75.1 cm³/mol. The van der Waals surface area contributed by atoms with Crippen molar-refractivity contribution in [3.8, 4) is 0 Å². The van der Waals surface area contributed by atoms with Gasteiger partial charge in [-0.2, -0.15) is 0 Å². The summed E-state index contributed by atoms with van der Waals surface area (Å²) in [5.41, 5.74) is 7.11. The van der Waals surface area contributed by atoms with Crippen LogP contribution in [0.25, 0.3) is 21.8 Å². The molecule has 0 bridgehead atoms. The number of aromatic amines is 1. The molecule has 0 spiro atoms. The van der Waals surface area contributed by atoms with Crippen LogP contribution in [0.1, 0.15) is 22.5 Å². The van der Waals surface area contributed by atoms with E-state index in [-0.39, 0.29) is 0 Å². The van der Waals surface area contributed by atoms with Crippen molar-refractivity contribution in [3.63, 3.8) is 0 Å². The van der Waals surface area contributed by atoms with Crippen molar-refractivity contribution in [2.24, 2.45) is 0 Å². The molecule has 3 heteroatoms. The molecule has 0 saturated heterocycles. The number of fused-ring (bicyclic) bond motifs is 3. The van der Waals surface area contributed by atoms with Crippen molar-refractivity contribution >= 4 is 21.8 Å². The summed E-state index contributed by atoms with van der Waals surface area (Å²) in [7, 11) is 0. The number of hydrogen-bond donors (Lipinski definition) is 2. The minimum Gasteiger partial charge on any atom is -0.354 e. The summed E-state index contributed by atoms with van der Waals surface area (Å²) in [6.07, 6.45) is 0. The summed E-state index contributed by atoms with van der Waals surface area (Å²) in [5.74, 6) is 6.07. The number of nitrogens with zero attached hydrogens (tertiary/aromatic N) is 1. The molecular formula is C15H18N3+. The molecular weight excluding hydrogens is 222 g/mol. The first kappa shape index (κ1) is 11.1. The van der Waals surface area contributed by atoms with E-state index in [2.05, 4.69) is 44.0 Å². The summed E-state index contributed by atoms with van der Waals surface area (Å²) in [4.78, 5) is 3.49. The minimum atomic E-state index is 1.06. The molecule has 3 nitrogen and oxygen atoms in total. The summed E-state index contributed by atoms with van der Waals surface area (Å²) in [6, 6.07) is 6.55. The Balaban J connectivity index is 2.57. The first-order chi connectivity index (χ1) is 8.49. The second-order valence-electron chi connectivity index (χ2n) is 5.14. The van der Waals surface area contributed by atoms with Gasteiger partial charge >= 0.3 is 0 Å². The second-order valence-corrected chi connectivity index (χ2v) is 5.14. The smallest absolute Gasteiger partial charge is 0.218 e. The maximum absolute atomic E-state index is 6.07. The van der Waals surface area contributed by atoms with Gasteiger partial charge in [0.05, 0.1) is 10.9 Å². The molecule has 0 aliphatic rings. The summed E-state index contributed by atoms with van der Waals surface area (Å²) >= 11 is 0. The number of aromatic nitrogens is 2. The Labute approximate surface area is 106 Å². The highest BCUT2D eigenvalue weighted by Gasteiger charge is 2.17. The van der Waals surface area contributed by atoms with Crippen LogP contribution in [0.5, 0.6) is 0 Å². The SMILES string of the molecule is Cc1cc2[nH]c3cc(C)[n+](N)c(C)c3c2cc1C. The van der Waals surface area contributed by atoms with Crippen molar-refractivity contribution in [1.29, 1.82) is 0 Å². The van der Waals surface area contributed by atoms with Gasteiger partial charge in [-0.3, -0.25) is 0 Å². The number of pyridine rings is 1. The minimum absolute atomic E-state index is 1.06. The van der Waals surface area contributed by atoms with Crippen LogP contribution >= 0.6 is 0 Å². The lowest BCUT2D eigenvalue weighted by Crippen LogP contribution is -2.49. The fraction of sp³-hybridized carbons (Fsp3) is 0.267. The van der Waals surface area contributed by atoms with Crippen LogP contribution in [-0.4, -0.2) is 4.98 Å². The number of nitrogen functional groups attached to an aromatic ring is 1. The quantitative estimate of drug-likeness (QED) is 0.460. The Morgan fingerprint density at radius 3 is 2.33 bits per heavy atom. The molecule has 0 atom stereocenters. The third-order valence-corrected chi connectivity index (χ3v) is 3.90. The molecule has 92 valence electrons. The van der Waals surface area contributed by atoms with E-state index in [0.29, 0.717) is 0 Å². The monoisotopic (exact) mass is 240 g/mol. The van der Waals surface area contributed by atoms with Crippen LogP contribution in [-0.2, 0) is 0 Å². The van der Waals surface area contributed by atoms with Gasteiger partial charge in [0, 0.05) is 30.8 Å². The predicted octanol–water partition coefficient (Wildman–Crippen LogP) is 2.56. The maximum atomic E-state index is 6.07. The maximum Gasteiger partial charge on any atom is 0.218 e. The second kappa shape index (κ2) is 3.48. The number of hydrogen-bond acceptors (Lipinski definition) is 1. The lowest BCUT2D eigenvalue weighted by molar-refractivity contribution is -0.650. The highest BCUT2D eigenvalue weighted by Crippen LogP contribution is 2.29. The lowest BCUT2D eigenvalue weighted by atomic mass is 10.0. The molecule has 0 unspecified atom stereocenters. The van der Waals surface area contributed by atoms with E-state index in [0.717, 1.165) is 16.9 Å². The van der Waals surface area contributed by atoms with Crippen LogP contribution in [0, 0.1) is 27.7 Å². The largest absolute Gasteiger partial charge is 0.354 e. The highest BCUT2D eigenvalue weighted by atomic mass is 15.3. The van der Waals surface area contributed by atoms with Gasteiger partial charge in [-0.15, -0.1) is 0 Å². The van der Waals surface area contributed by atoms with Crippen LogP contribution in [0.2, 0.25) is 0 Å². The van der Waals surface area contributed by atoms with Crippen molar-refractivity contribution < 1.29 is 4.68 Å².